The zero-order chi connectivity index (χ0) is 13.8. The van der Waals surface area contributed by atoms with E-state index in [1.165, 1.54) is 0 Å². The van der Waals surface area contributed by atoms with Gasteiger partial charge in [0.2, 0.25) is 0 Å². The Morgan fingerprint density at radius 2 is 2.26 bits per heavy atom. The molecule has 0 saturated heterocycles. The predicted octanol–water partition coefficient (Wildman–Crippen LogP) is 1.27. The third-order valence-corrected chi connectivity index (χ3v) is 4.09. The van der Waals surface area contributed by atoms with Crippen LogP contribution in [-0.4, -0.2) is 44.3 Å². The Hall–Kier alpha value is -1.34. The number of thioether (sulfide) groups is 1. The summed E-state index contributed by atoms with van der Waals surface area (Å²) in [4.78, 5) is 9.03. The van der Waals surface area contributed by atoms with Gasteiger partial charge < -0.3 is 10.4 Å². The zero-order valence-corrected chi connectivity index (χ0v) is 12.2. The van der Waals surface area contributed by atoms with Crippen LogP contribution in [0.3, 0.4) is 0 Å². The average molecular weight is 281 g/mol. The highest BCUT2D eigenvalue weighted by Gasteiger charge is 2.10. The second-order valence-electron chi connectivity index (χ2n) is 4.55. The van der Waals surface area contributed by atoms with E-state index in [1.807, 2.05) is 21.0 Å². The molecular weight excluding hydrogens is 262 g/mol. The molecule has 0 aliphatic rings. The number of aromatic nitrogens is 4. The molecule has 7 heteroatoms. The number of rotatable bonds is 6. The maximum Gasteiger partial charge on any atom is 0.163 e. The van der Waals surface area contributed by atoms with Gasteiger partial charge in [-0.15, -0.1) is 0 Å². The van der Waals surface area contributed by atoms with Gasteiger partial charge >= 0.3 is 0 Å². The van der Waals surface area contributed by atoms with Crippen LogP contribution in [0, 0.1) is 5.92 Å². The molecular formula is C12H19N5OS. The van der Waals surface area contributed by atoms with Gasteiger partial charge in [-0.25, -0.2) is 9.97 Å². The smallest absolute Gasteiger partial charge is 0.163 e. The minimum atomic E-state index is 0.219. The fourth-order valence-electron chi connectivity index (χ4n) is 1.73. The lowest BCUT2D eigenvalue weighted by molar-refractivity contribution is 0.250. The molecule has 104 valence electrons. The molecule has 6 nitrogen and oxygen atoms in total. The SMILES string of the molecule is CNc1nc(CSCC(C)CO)nc2c1cnn2C. The second kappa shape index (κ2) is 6.21. The number of nitrogens with zero attached hydrogens (tertiary/aromatic N) is 4. The summed E-state index contributed by atoms with van der Waals surface area (Å²) in [6, 6.07) is 0. The van der Waals surface area contributed by atoms with Crippen molar-refractivity contribution in [1.82, 2.24) is 19.7 Å². The molecule has 2 aromatic rings. The van der Waals surface area contributed by atoms with Gasteiger partial charge in [-0.1, -0.05) is 6.92 Å². The van der Waals surface area contributed by atoms with E-state index in [1.54, 1.807) is 22.6 Å². The van der Waals surface area contributed by atoms with E-state index in [-0.39, 0.29) is 6.61 Å². The maximum atomic E-state index is 9.00. The van der Waals surface area contributed by atoms with Gasteiger partial charge in [0, 0.05) is 20.7 Å². The summed E-state index contributed by atoms with van der Waals surface area (Å²) >= 11 is 1.73. The van der Waals surface area contributed by atoms with Gasteiger partial charge in [-0.3, -0.25) is 4.68 Å². The Balaban J connectivity index is 2.17. The third-order valence-electron chi connectivity index (χ3n) is 2.82. The van der Waals surface area contributed by atoms with Gasteiger partial charge in [-0.05, 0) is 11.7 Å². The lowest BCUT2D eigenvalue weighted by Crippen LogP contribution is -2.05. The molecule has 1 atom stereocenters. The lowest BCUT2D eigenvalue weighted by atomic mass is 10.2. The molecule has 0 radical (unpaired) electrons. The Kier molecular flexibility index (Phi) is 4.60. The minimum absolute atomic E-state index is 0.219. The van der Waals surface area contributed by atoms with Crippen LogP contribution in [-0.2, 0) is 12.8 Å². The first-order valence-corrected chi connectivity index (χ1v) is 7.36. The van der Waals surface area contributed by atoms with Crippen molar-refractivity contribution in [2.24, 2.45) is 13.0 Å². The standard InChI is InChI=1S/C12H19N5OS/c1-8(5-18)6-19-7-10-15-11(13-2)9-4-14-17(3)12(9)16-10/h4,8,18H,5-7H2,1-3H3,(H,13,15,16). The van der Waals surface area contributed by atoms with Crippen molar-refractivity contribution >= 4 is 28.6 Å². The molecule has 0 aliphatic carbocycles. The maximum absolute atomic E-state index is 9.00. The largest absolute Gasteiger partial charge is 0.396 e. The first-order chi connectivity index (χ1) is 9.15. The van der Waals surface area contributed by atoms with E-state index in [4.69, 9.17) is 5.11 Å². The summed E-state index contributed by atoms with van der Waals surface area (Å²) in [5.41, 5.74) is 0.838. The molecule has 0 saturated carbocycles. The topological polar surface area (TPSA) is 75.9 Å². The van der Waals surface area contributed by atoms with Crippen LogP contribution in [0.4, 0.5) is 5.82 Å². The predicted molar refractivity (Wildman–Crippen MR) is 78.3 cm³/mol. The highest BCUT2D eigenvalue weighted by molar-refractivity contribution is 7.98. The summed E-state index contributed by atoms with van der Waals surface area (Å²) in [5, 5.41) is 17.2. The Labute approximate surface area is 116 Å². The first kappa shape index (κ1) is 14.1. The number of hydrogen-bond acceptors (Lipinski definition) is 6. The number of aliphatic hydroxyl groups excluding tert-OH is 1. The van der Waals surface area contributed by atoms with Crippen LogP contribution in [0.25, 0.3) is 11.0 Å². The number of nitrogens with one attached hydrogen (secondary N) is 1. The molecule has 0 aromatic carbocycles. The Bertz CT molecular complexity index is 556. The monoisotopic (exact) mass is 281 g/mol. The van der Waals surface area contributed by atoms with Gasteiger partial charge in [0.05, 0.1) is 17.3 Å². The fraction of sp³-hybridized carbons (Fsp3) is 0.583. The normalized spacial score (nSPS) is 12.8. The van der Waals surface area contributed by atoms with Crippen LogP contribution in [0.2, 0.25) is 0 Å². The number of anilines is 1. The molecule has 2 rings (SSSR count). The molecule has 0 amide bonds. The van der Waals surface area contributed by atoms with Crippen molar-refractivity contribution in [1.29, 1.82) is 0 Å². The lowest BCUT2D eigenvalue weighted by Gasteiger charge is -2.08. The summed E-state index contributed by atoms with van der Waals surface area (Å²) in [6.07, 6.45) is 1.77. The Morgan fingerprint density at radius 1 is 1.47 bits per heavy atom. The van der Waals surface area contributed by atoms with Crippen molar-refractivity contribution in [2.75, 3.05) is 24.7 Å². The van der Waals surface area contributed by atoms with Gasteiger partial charge in [0.1, 0.15) is 11.6 Å². The van der Waals surface area contributed by atoms with Crippen molar-refractivity contribution in [3.63, 3.8) is 0 Å². The van der Waals surface area contributed by atoms with Gasteiger partial charge in [0.25, 0.3) is 0 Å². The van der Waals surface area contributed by atoms with Crippen molar-refractivity contribution < 1.29 is 5.11 Å². The molecule has 2 aromatic heterocycles. The highest BCUT2D eigenvalue weighted by atomic mass is 32.2. The number of aryl methyl sites for hydroxylation is 1. The number of aliphatic hydroxyl groups is 1. The second-order valence-corrected chi connectivity index (χ2v) is 5.58. The summed E-state index contributed by atoms with van der Waals surface area (Å²) in [5.74, 6) is 3.53. The van der Waals surface area contributed by atoms with E-state index in [9.17, 15) is 0 Å². The van der Waals surface area contributed by atoms with E-state index in [2.05, 4.69) is 20.4 Å². The summed E-state index contributed by atoms with van der Waals surface area (Å²) in [7, 11) is 3.72. The minimum Gasteiger partial charge on any atom is -0.396 e. The van der Waals surface area contributed by atoms with Crippen LogP contribution in [0.5, 0.6) is 0 Å². The quantitative estimate of drug-likeness (QED) is 0.830. The van der Waals surface area contributed by atoms with Crippen LogP contribution in [0.15, 0.2) is 6.20 Å². The van der Waals surface area contributed by atoms with Gasteiger partial charge in [0.15, 0.2) is 5.65 Å². The van der Waals surface area contributed by atoms with E-state index < -0.39 is 0 Å². The van der Waals surface area contributed by atoms with E-state index >= 15 is 0 Å². The van der Waals surface area contributed by atoms with Gasteiger partial charge in [-0.2, -0.15) is 16.9 Å². The highest BCUT2D eigenvalue weighted by Crippen LogP contribution is 2.21. The van der Waals surface area contributed by atoms with Crippen LogP contribution < -0.4 is 5.32 Å². The number of fused-ring (bicyclic) bond motifs is 1. The summed E-state index contributed by atoms with van der Waals surface area (Å²) < 4.78 is 1.75. The van der Waals surface area contributed by atoms with Crippen LogP contribution >= 0.6 is 11.8 Å². The van der Waals surface area contributed by atoms with Crippen molar-refractivity contribution in [3.05, 3.63) is 12.0 Å². The zero-order valence-electron chi connectivity index (χ0n) is 11.4. The van der Waals surface area contributed by atoms with Crippen LogP contribution in [0.1, 0.15) is 12.7 Å². The molecule has 0 spiro atoms. The third kappa shape index (κ3) is 3.16. The first-order valence-electron chi connectivity index (χ1n) is 6.20. The summed E-state index contributed by atoms with van der Waals surface area (Å²) in [6.45, 7) is 2.24. The van der Waals surface area contributed by atoms with E-state index in [0.717, 1.165) is 34.2 Å². The van der Waals surface area contributed by atoms with E-state index in [0.29, 0.717) is 5.92 Å². The molecule has 19 heavy (non-hydrogen) atoms. The fourth-order valence-corrected chi connectivity index (χ4v) is 2.66. The molecule has 0 aliphatic heterocycles. The average Bonchev–Trinajstić information content (AvgIpc) is 2.79. The number of hydrogen-bond donors (Lipinski definition) is 2. The van der Waals surface area contributed by atoms with Crippen molar-refractivity contribution in [2.45, 2.75) is 12.7 Å². The molecule has 2 N–H and O–H groups in total. The molecule has 2 heterocycles. The Morgan fingerprint density at radius 3 is 2.95 bits per heavy atom. The molecule has 0 bridgehead atoms. The molecule has 0 fully saturated rings. The van der Waals surface area contributed by atoms with Crippen molar-refractivity contribution in [3.8, 4) is 0 Å². The molecule has 1 unspecified atom stereocenters.